The van der Waals surface area contributed by atoms with Crippen molar-refractivity contribution in [3.8, 4) is 0 Å². The van der Waals surface area contributed by atoms with Crippen LogP contribution in [0.4, 0.5) is 0 Å². The highest BCUT2D eigenvalue weighted by atomic mass is 127. The third-order valence-electron chi connectivity index (χ3n) is 6.75. The Balaban J connectivity index is 0.00000280. The van der Waals surface area contributed by atoms with Gasteiger partial charge in [0.1, 0.15) is 0 Å². The van der Waals surface area contributed by atoms with Gasteiger partial charge in [0.2, 0.25) is 0 Å². The van der Waals surface area contributed by atoms with Crippen LogP contribution in [0.2, 0.25) is 0 Å². The van der Waals surface area contributed by atoms with E-state index in [1.807, 2.05) is 0 Å². The van der Waals surface area contributed by atoms with Crippen molar-refractivity contribution in [1.29, 1.82) is 0 Å². The van der Waals surface area contributed by atoms with Gasteiger partial charge in [-0.25, -0.2) is 0 Å². The van der Waals surface area contributed by atoms with E-state index in [1.165, 1.54) is 76.9 Å². The minimum atomic E-state index is 0. The van der Waals surface area contributed by atoms with Crippen LogP contribution in [0.1, 0.15) is 58.8 Å². The third kappa shape index (κ3) is 6.64. The predicted octanol–water partition coefficient (Wildman–Crippen LogP) is 3.40. The zero-order valence-electron chi connectivity index (χ0n) is 18.3. The van der Waals surface area contributed by atoms with E-state index in [-0.39, 0.29) is 29.5 Å². The van der Waals surface area contributed by atoms with Gasteiger partial charge in [0.05, 0.1) is 6.54 Å². The van der Waals surface area contributed by atoms with Gasteiger partial charge in [-0.15, -0.1) is 24.0 Å². The molecular formula is C21H42IN5S. The van der Waals surface area contributed by atoms with E-state index in [4.69, 9.17) is 4.99 Å². The van der Waals surface area contributed by atoms with Crippen LogP contribution in [-0.4, -0.2) is 84.7 Å². The van der Waals surface area contributed by atoms with Crippen molar-refractivity contribution in [2.24, 2.45) is 4.99 Å². The lowest BCUT2D eigenvalue weighted by molar-refractivity contribution is 0.0208. The minimum absolute atomic E-state index is 0. The molecule has 0 aromatic heterocycles. The Kier molecular flexibility index (Phi) is 10.2. The van der Waals surface area contributed by atoms with Gasteiger partial charge in [-0.2, -0.15) is 11.8 Å². The SMILES string of the molecule is CCNC(=NCC1(N2CCCCC2)CCN(C)CC1)NCC1(C)CCCS1.I. The first kappa shape index (κ1) is 24.5. The number of hydrogen-bond donors (Lipinski definition) is 2. The average Bonchev–Trinajstić information content (AvgIpc) is 3.13. The van der Waals surface area contributed by atoms with Crippen LogP contribution >= 0.6 is 35.7 Å². The van der Waals surface area contributed by atoms with Gasteiger partial charge >= 0.3 is 0 Å². The smallest absolute Gasteiger partial charge is 0.191 e. The van der Waals surface area contributed by atoms with Crippen LogP contribution in [0.3, 0.4) is 0 Å². The number of thioether (sulfide) groups is 1. The molecule has 0 amide bonds. The Morgan fingerprint density at radius 2 is 1.71 bits per heavy atom. The number of guanidine groups is 1. The Hall–Kier alpha value is 0.270. The average molecular weight is 524 g/mol. The fourth-order valence-electron chi connectivity index (χ4n) is 4.79. The van der Waals surface area contributed by atoms with E-state index >= 15 is 0 Å². The Bertz CT molecular complexity index is 481. The van der Waals surface area contributed by atoms with Gasteiger partial charge in [0, 0.05) is 23.4 Å². The molecule has 2 N–H and O–H groups in total. The highest BCUT2D eigenvalue weighted by molar-refractivity contribution is 14.0. The first-order chi connectivity index (χ1) is 13.1. The summed E-state index contributed by atoms with van der Waals surface area (Å²) in [6.07, 6.45) is 9.27. The maximum Gasteiger partial charge on any atom is 0.191 e. The van der Waals surface area contributed by atoms with E-state index < -0.39 is 0 Å². The second-order valence-electron chi connectivity index (χ2n) is 9.03. The largest absolute Gasteiger partial charge is 0.357 e. The van der Waals surface area contributed by atoms with E-state index in [9.17, 15) is 0 Å². The topological polar surface area (TPSA) is 42.9 Å². The molecule has 0 aliphatic carbocycles. The van der Waals surface area contributed by atoms with Gasteiger partial charge in [-0.1, -0.05) is 6.42 Å². The molecule has 1 atom stereocenters. The van der Waals surface area contributed by atoms with Crippen molar-refractivity contribution in [2.75, 3.05) is 58.6 Å². The van der Waals surface area contributed by atoms with Crippen LogP contribution in [0, 0.1) is 0 Å². The molecule has 0 aromatic rings. The molecule has 3 saturated heterocycles. The maximum absolute atomic E-state index is 5.13. The molecule has 3 aliphatic rings. The Morgan fingerprint density at radius 3 is 2.32 bits per heavy atom. The van der Waals surface area contributed by atoms with Gasteiger partial charge in [0.15, 0.2) is 5.96 Å². The number of piperidine rings is 2. The molecule has 28 heavy (non-hydrogen) atoms. The second kappa shape index (κ2) is 11.6. The summed E-state index contributed by atoms with van der Waals surface area (Å²) in [7, 11) is 2.26. The van der Waals surface area contributed by atoms with E-state index in [1.54, 1.807) is 0 Å². The molecule has 164 valence electrons. The second-order valence-corrected chi connectivity index (χ2v) is 10.7. The fraction of sp³-hybridized carbons (Fsp3) is 0.952. The third-order valence-corrected chi connectivity index (χ3v) is 8.29. The van der Waals surface area contributed by atoms with E-state index in [2.05, 4.69) is 53.1 Å². The number of likely N-dealkylation sites (tertiary alicyclic amines) is 2. The summed E-state index contributed by atoms with van der Waals surface area (Å²) in [5.74, 6) is 2.32. The number of halogens is 1. The molecule has 0 aromatic carbocycles. The van der Waals surface area contributed by atoms with Crippen molar-refractivity contribution in [3.05, 3.63) is 0 Å². The number of rotatable bonds is 6. The summed E-state index contributed by atoms with van der Waals surface area (Å²) in [5.41, 5.74) is 0.265. The van der Waals surface area contributed by atoms with Crippen LogP contribution in [0.5, 0.6) is 0 Å². The van der Waals surface area contributed by atoms with E-state index in [0.29, 0.717) is 4.75 Å². The molecule has 0 saturated carbocycles. The van der Waals surface area contributed by atoms with Crippen LogP contribution in [-0.2, 0) is 0 Å². The summed E-state index contributed by atoms with van der Waals surface area (Å²) in [4.78, 5) is 10.4. The lowest BCUT2D eigenvalue weighted by Crippen LogP contribution is -2.58. The summed E-state index contributed by atoms with van der Waals surface area (Å²) < 4.78 is 0.369. The van der Waals surface area contributed by atoms with Crippen LogP contribution < -0.4 is 10.6 Å². The van der Waals surface area contributed by atoms with Crippen molar-refractivity contribution in [3.63, 3.8) is 0 Å². The molecule has 1 unspecified atom stereocenters. The highest BCUT2D eigenvalue weighted by Gasteiger charge is 2.39. The minimum Gasteiger partial charge on any atom is -0.357 e. The normalized spacial score (nSPS) is 29.3. The first-order valence-corrected chi connectivity index (χ1v) is 12.1. The molecule has 0 spiro atoms. The molecule has 0 bridgehead atoms. The van der Waals surface area contributed by atoms with Crippen LogP contribution in [0.15, 0.2) is 4.99 Å². The quantitative estimate of drug-likeness (QED) is 0.318. The van der Waals surface area contributed by atoms with Gasteiger partial charge in [-0.3, -0.25) is 9.89 Å². The molecule has 3 rings (SSSR count). The Labute approximate surface area is 194 Å². The number of nitrogens with one attached hydrogen (secondary N) is 2. The van der Waals surface area contributed by atoms with Gasteiger partial charge in [0.25, 0.3) is 0 Å². The standard InChI is InChI=1S/C21H41N5S.HI/c1-4-22-19(23-17-20(2)9-8-16-27-20)24-18-21(10-14-25(3)15-11-21)26-12-6-5-7-13-26;/h4-18H2,1-3H3,(H2,22,23,24);1H. The molecule has 0 radical (unpaired) electrons. The maximum atomic E-state index is 5.13. The zero-order chi connectivity index (χ0) is 19.2. The van der Waals surface area contributed by atoms with Crippen LogP contribution in [0.25, 0.3) is 0 Å². The molecular weight excluding hydrogens is 481 g/mol. The summed E-state index contributed by atoms with van der Waals surface area (Å²) in [5, 5.41) is 7.15. The van der Waals surface area contributed by atoms with Crippen molar-refractivity contribution < 1.29 is 0 Å². The summed E-state index contributed by atoms with van der Waals surface area (Å²) in [6, 6.07) is 0. The molecule has 3 heterocycles. The Morgan fingerprint density at radius 1 is 1.00 bits per heavy atom. The van der Waals surface area contributed by atoms with Gasteiger partial charge in [-0.05, 0) is 91.4 Å². The van der Waals surface area contributed by atoms with Crippen molar-refractivity contribution in [1.82, 2.24) is 20.4 Å². The summed E-state index contributed by atoms with van der Waals surface area (Å²) in [6.45, 7) is 12.4. The molecule has 7 heteroatoms. The molecule has 3 aliphatic heterocycles. The monoisotopic (exact) mass is 523 g/mol. The number of hydrogen-bond acceptors (Lipinski definition) is 4. The van der Waals surface area contributed by atoms with Crippen molar-refractivity contribution in [2.45, 2.75) is 69.1 Å². The van der Waals surface area contributed by atoms with Gasteiger partial charge < -0.3 is 15.5 Å². The fourth-order valence-corrected chi connectivity index (χ4v) is 6.04. The number of aliphatic imine (C=N–C) groups is 1. The highest BCUT2D eigenvalue weighted by Crippen LogP contribution is 2.37. The predicted molar refractivity (Wildman–Crippen MR) is 134 cm³/mol. The van der Waals surface area contributed by atoms with E-state index in [0.717, 1.165) is 25.6 Å². The summed E-state index contributed by atoms with van der Waals surface area (Å²) >= 11 is 2.11. The molecule has 3 fully saturated rings. The first-order valence-electron chi connectivity index (χ1n) is 11.2. The number of nitrogens with zero attached hydrogens (tertiary/aromatic N) is 3. The lowest BCUT2D eigenvalue weighted by Gasteiger charge is -2.49. The molecule has 5 nitrogen and oxygen atoms in total. The zero-order valence-corrected chi connectivity index (χ0v) is 21.4. The van der Waals surface area contributed by atoms with Crippen molar-refractivity contribution >= 4 is 41.7 Å². The lowest BCUT2D eigenvalue weighted by atomic mass is 9.84.